The smallest absolute Gasteiger partial charge is 0.279 e. The Labute approximate surface area is 205 Å². The van der Waals surface area contributed by atoms with Crippen LogP contribution >= 0.6 is 0 Å². The van der Waals surface area contributed by atoms with Crippen LogP contribution in [0.15, 0.2) is 100 Å². The van der Waals surface area contributed by atoms with Gasteiger partial charge in [0.25, 0.3) is 11.1 Å². The number of fused-ring (bicyclic) bond motifs is 2. The van der Waals surface area contributed by atoms with Crippen LogP contribution in [0.5, 0.6) is 0 Å². The van der Waals surface area contributed by atoms with Crippen LogP contribution in [0, 0.1) is 18.3 Å². The highest BCUT2D eigenvalue weighted by molar-refractivity contribution is 5.82. The third-order valence-electron chi connectivity index (χ3n) is 6.53. The lowest BCUT2D eigenvalue weighted by Gasteiger charge is -2.16. The van der Waals surface area contributed by atoms with E-state index in [1.165, 1.54) is 4.68 Å². The Bertz CT molecular complexity index is 1850. The number of nitrogens with zero attached hydrogens (tertiary/aromatic N) is 5. The number of para-hydroxylation sites is 1. The minimum absolute atomic E-state index is 0.0577. The van der Waals surface area contributed by atoms with E-state index in [1.54, 1.807) is 35.1 Å². The van der Waals surface area contributed by atoms with Gasteiger partial charge in [0.05, 0.1) is 22.2 Å². The first-order valence-corrected chi connectivity index (χ1v) is 11.4. The molecular weight excluding hydrogens is 452 g/mol. The summed E-state index contributed by atoms with van der Waals surface area (Å²) in [6, 6.07) is 25.2. The van der Waals surface area contributed by atoms with Crippen molar-refractivity contribution in [3.8, 4) is 23.0 Å². The van der Waals surface area contributed by atoms with Crippen LogP contribution < -0.4 is 16.9 Å². The summed E-state index contributed by atoms with van der Waals surface area (Å²) in [5, 5.41) is 15.5. The van der Waals surface area contributed by atoms with Gasteiger partial charge in [0.15, 0.2) is 0 Å². The number of nitrogens with two attached hydrogens (primary N) is 1. The molecule has 0 radical (unpaired) electrons. The summed E-state index contributed by atoms with van der Waals surface area (Å²) < 4.78 is 4.11. The van der Waals surface area contributed by atoms with Gasteiger partial charge < -0.3 is 5.73 Å². The summed E-state index contributed by atoms with van der Waals surface area (Å²) in [6.07, 6.45) is 1.79. The molecule has 36 heavy (non-hydrogen) atoms. The van der Waals surface area contributed by atoms with Gasteiger partial charge in [-0.05, 0) is 31.2 Å². The first-order chi connectivity index (χ1) is 17.5. The molecule has 2 aromatic heterocycles. The quantitative estimate of drug-likeness (QED) is 0.431. The maximum atomic E-state index is 13.7. The molecule has 3 heterocycles. The highest BCUT2D eigenvalue weighted by atomic mass is 16.2. The van der Waals surface area contributed by atoms with E-state index in [0.717, 1.165) is 21.5 Å². The molecule has 8 heteroatoms. The van der Waals surface area contributed by atoms with Crippen molar-refractivity contribution in [2.24, 2.45) is 5.73 Å². The number of aromatic nitrogens is 4. The van der Waals surface area contributed by atoms with Gasteiger partial charge in [-0.25, -0.2) is 9.36 Å². The zero-order valence-corrected chi connectivity index (χ0v) is 19.3. The third-order valence-corrected chi connectivity index (χ3v) is 6.53. The second-order valence-corrected chi connectivity index (χ2v) is 8.70. The SMILES string of the molecule is Cc1ccc(-c2nn(-c3ccccc3)cc2C2C(C#N)=C(N)n3c(=O)c4ccccc4c(=O)n32)cc1. The number of benzene rings is 3. The van der Waals surface area contributed by atoms with Crippen LogP contribution in [-0.4, -0.2) is 19.1 Å². The van der Waals surface area contributed by atoms with E-state index in [9.17, 15) is 14.9 Å². The average Bonchev–Trinajstić information content (AvgIpc) is 3.47. The monoisotopic (exact) mass is 472 g/mol. The molecule has 0 bridgehead atoms. The fourth-order valence-electron chi connectivity index (χ4n) is 4.76. The fourth-order valence-corrected chi connectivity index (χ4v) is 4.76. The Morgan fingerprint density at radius 1 is 0.889 bits per heavy atom. The molecule has 8 nitrogen and oxygen atoms in total. The maximum Gasteiger partial charge on any atom is 0.279 e. The standard InChI is InChI=1S/C28H20N6O2/c1-17-11-13-18(14-12-17)24-23(16-32(31-24)19-7-3-2-4-8-19)25-22(15-29)26(30)34-28(36)21-10-6-5-9-20(21)27(35)33(25)34/h2-14,16,25H,30H2,1H3. The van der Waals surface area contributed by atoms with Crippen molar-refractivity contribution >= 4 is 16.6 Å². The molecule has 174 valence electrons. The van der Waals surface area contributed by atoms with Gasteiger partial charge in [0.2, 0.25) is 0 Å². The van der Waals surface area contributed by atoms with Gasteiger partial charge in [-0.2, -0.15) is 15.0 Å². The van der Waals surface area contributed by atoms with Crippen molar-refractivity contribution in [1.29, 1.82) is 5.26 Å². The second kappa shape index (κ2) is 7.96. The summed E-state index contributed by atoms with van der Waals surface area (Å²) in [7, 11) is 0. The minimum Gasteiger partial charge on any atom is -0.383 e. The number of aryl methyl sites for hydroxylation is 1. The Balaban J connectivity index is 1.69. The maximum absolute atomic E-state index is 13.7. The summed E-state index contributed by atoms with van der Waals surface area (Å²) in [6.45, 7) is 1.99. The van der Waals surface area contributed by atoms with Crippen molar-refractivity contribution in [3.05, 3.63) is 122 Å². The fraction of sp³-hybridized carbons (Fsp3) is 0.0714. The minimum atomic E-state index is -0.923. The Hall–Kier alpha value is -5.16. The highest BCUT2D eigenvalue weighted by Crippen LogP contribution is 2.38. The predicted molar refractivity (Wildman–Crippen MR) is 137 cm³/mol. The molecule has 0 aliphatic carbocycles. The molecule has 0 saturated heterocycles. The van der Waals surface area contributed by atoms with E-state index < -0.39 is 17.2 Å². The van der Waals surface area contributed by atoms with Gasteiger partial charge in [-0.15, -0.1) is 0 Å². The molecule has 3 aromatic carbocycles. The average molecular weight is 473 g/mol. The van der Waals surface area contributed by atoms with Gasteiger partial charge in [0.1, 0.15) is 23.5 Å². The van der Waals surface area contributed by atoms with Crippen molar-refractivity contribution in [2.75, 3.05) is 0 Å². The normalized spacial score (nSPS) is 14.7. The lowest BCUT2D eigenvalue weighted by atomic mass is 9.97. The molecule has 0 spiro atoms. The van der Waals surface area contributed by atoms with Crippen LogP contribution in [0.3, 0.4) is 0 Å². The van der Waals surface area contributed by atoms with E-state index in [2.05, 4.69) is 6.07 Å². The van der Waals surface area contributed by atoms with Crippen LogP contribution in [0.2, 0.25) is 0 Å². The lowest BCUT2D eigenvalue weighted by molar-refractivity contribution is 0.539. The lowest BCUT2D eigenvalue weighted by Crippen LogP contribution is -2.38. The van der Waals surface area contributed by atoms with Crippen LogP contribution in [0.25, 0.3) is 33.5 Å². The van der Waals surface area contributed by atoms with Gasteiger partial charge in [-0.3, -0.25) is 9.59 Å². The molecule has 0 saturated carbocycles. The van der Waals surface area contributed by atoms with E-state index in [4.69, 9.17) is 10.8 Å². The van der Waals surface area contributed by atoms with Crippen LogP contribution in [0.1, 0.15) is 17.2 Å². The number of nitriles is 1. The van der Waals surface area contributed by atoms with Gasteiger partial charge in [-0.1, -0.05) is 60.2 Å². The summed E-state index contributed by atoms with van der Waals surface area (Å²) in [4.78, 5) is 27.1. The van der Waals surface area contributed by atoms with Crippen molar-refractivity contribution in [1.82, 2.24) is 19.1 Å². The third kappa shape index (κ3) is 3.03. The molecule has 0 amide bonds. The Morgan fingerprint density at radius 2 is 1.53 bits per heavy atom. The zero-order chi connectivity index (χ0) is 25.0. The summed E-state index contributed by atoms with van der Waals surface area (Å²) in [5.74, 6) is -0.0577. The summed E-state index contributed by atoms with van der Waals surface area (Å²) >= 11 is 0. The first-order valence-electron chi connectivity index (χ1n) is 11.4. The largest absolute Gasteiger partial charge is 0.383 e. The number of hydrogen-bond acceptors (Lipinski definition) is 5. The first kappa shape index (κ1) is 21.4. The van der Waals surface area contributed by atoms with E-state index in [-0.39, 0.29) is 22.2 Å². The van der Waals surface area contributed by atoms with Gasteiger partial charge >= 0.3 is 0 Å². The zero-order valence-electron chi connectivity index (χ0n) is 19.3. The molecule has 2 N–H and O–H groups in total. The van der Waals surface area contributed by atoms with Gasteiger partial charge in [0, 0.05) is 17.3 Å². The highest BCUT2D eigenvalue weighted by Gasteiger charge is 2.37. The molecule has 1 unspecified atom stereocenters. The number of allylic oxidation sites excluding steroid dienone is 1. The second-order valence-electron chi connectivity index (χ2n) is 8.70. The molecule has 5 aromatic rings. The number of rotatable bonds is 3. The van der Waals surface area contributed by atoms with Crippen molar-refractivity contribution in [3.63, 3.8) is 0 Å². The molecular formula is C28H20N6O2. The van der Waals surface area contributed by atoms with Crippen molar-refractivity contribution < 1.29 is 0 Å². The molecule has 6 rings (SSSR count). The number of hydrogen-bond donors (Lipinski definition) is 1. The predicted octanol–water partition coefficient (Wildman–Crippen LogP) is 3.58. The van der Waals surface area contributed by atoms with Crippen LogP contribution in [-0.2, 0) is 0 Å². The van der Waals surface area contributed by atoms with Crippen LogP contribution in [0.4, 0.5) is 0 Å². The van der Waals surface area contributed by atoms with E-state index in [0.29, 0.717) is 11.3 Å². The Kier molecular flexibility index (Phi) is 4.73. The molecule has 1 aliphatic rings. The molecule has 0 fully saturated rings. The Morgan fingerprint density at radius 3 is 2.19 bits per heavy atom. The topological polar surface area (TPSA) is 112 Å². The summed E-state index contributed by atoms with van der Waals surface area (Å²) in [5.41, 5.74) is 9.49. The van der Waals surface area contributed by atoms with Crippen molar-refractivity contribution in [2.45, 2.75) is 13.0 Å². The molecule has 1 aliphatic heterocycles. The molecule has 1 atom stereocenters. The van der Waals surface area contributed by atoms with E-state index >= 15 is 0 Å². The van der Waals surface area contributed by atoms with E-state index in [1.807, 2.05) is 61.5 Å².